The lowest BCUT2D eigenvalue weighted by molar-refractivity contribution is -0.123. The Hall–Kier alpha value is -1.04. The molecule has 1 N–H and O–H groups in total. The molecule has 0 bridgehead atoms. The van der Waals surface area contributed by atoms with Crippen molar-refractivity contribution >= 4 is 5.91 Å². The van der Waals surface area contributed by atoms with Gasteiger partial charge in [0.15, 0.2) is 0 Å². The van der Waals surface area contributed by atoms with Crippen molar-refractivity contribution in [2.75, 3.05) is 6.54 Å². The summed E-state index contributed by atoms with van der Waals surface area (Å²) in [5.41, 5.74) is 0. The van der Waals surface area contributed by atoms with Crippen LogP contribution in [0.25, 0.3) is 0 Å². The Morgan fingerprint density at radius 1 is 1.69 bits per heavy atom. The van der Waals surface area contributed by atoms with Crippen LogP contribution in [0.4, 0.5) is 0 Å². The van der Waals surface area contributed by atoms with E-state index in [0.717, 1.165) is 13.0 Å². The van der Waals surface area contributed by atoms with E-state index in [1.807, 2.05) is 13.0 Å². The Kier molecular flexibility index (Phi) is 3.75. The van der Waals surface area contributed by atoms with E-state index in [1.165, 1.54) is 12.8 Å². The van der Waals surface area contributed by atoms with Crippen LogP contribution in [-0.4, -0.2) is 12.5 Å². The summed E-state index contributed by atoms with van der Waals surface area (Å²) in [6, 6.07) is 2.03. The molecule has 1 saturated carbocycles. The second-order valence-corrected chi connectivity index (χ2v) is 3.66. The van der Waals surface area contributed by atoms with Crippen molar-refractivity contribution in [3.63, 3.8) is 0 Å². The summed E-state index contributed by atoms with van der Waals surface area (Å²) in [6.45, 7) is 2.75. The van der Waals surface area contributed by atoms with E-state index in [2.05, 4.69) is 5.32 Å². The van der Waals surface area contributed by atoms with Crippen LogP contribution in [-0.2, 0) is 4.79 Å². The summed E-state index contributed by atoms with van der Waals surface area (Å²) in [4.78, 5) is 11.4. The predicted octanol–water partition coefficient (Wildman–Crippen LogP) is 1.45. The first-order valence-corrected chi connectivity index (χ1v) is 4.95. The maximum atomic E-state index is 11.4. The van der Waals surface area contributed by atoms with E-state index in [4.69, 9.17) is 5.26 Å². The maximum Gasteiger partial charge on any atom is 0.237 e. The molecule has 3 heteroatoms. The minimum absolute atomic E-state index is 0.0868. The minimum atomic E-state index is -0.441. The van der Waals surface area contributed by atoms with Crippen LogP contribution in [0.2, 0.25) is 0 Å². The molecule has 1 amide bonds. The number of carbonyl (C=O) groups excluding carboxylic acids is 1. The van der Waals surface area contributed by atoms with Gasteiger partial charge in [-0.1, -0.05) is 13.3 Å². The molecule has 0 aromatic rings. The zero-order valence-electron chi connectivity index (χ0n) is 8.05. The Morgan fingerprint density at radius 3 is 2.85 bits per heavy atom. The van der Waals surface area contributed by atoms with E-state index in [9.17, 15) is 4.79 Å². The van der Waals surface area contributed by atoms with Gasteiger partial charge in [0.05, 0.1) is 6.07 Å². The smallest absolute Gasteiger partial charge is 0.237 e. The molecule has 0 aromatic carbocycles. The average Bonchev–Trinajstić information content (AvgIpc) is 2.93. The highest BCUT2D eigenvalue weighted by Crippen LogP contribution is 2.27. The summed E-state index contributed by atoms with van der Waals surface area (Å²) in [5, 5.41) is 11.5. The van der Waals surface area contributed by atoms with Gasteiger partial charge >= 0.3 is 0 Å². The highest BCUT2D eigenvalue weighted by molar-refractivity contribution is 5.80. The number of nitriles is 1. The molecule has 72 valence electrons. The number of hydrogen-bond acceptors (Lipinski definition) is 2. The number of hydrogen-bond donors (Lipinski definition) is 1. The molecule has 1 aliphatic carbocycles. The fourth-order valence-corrected chi connectivity index (χ4v) is 1.23. The highest BCUT2D eigenvalue weighted by atomic mass is 16.1. The summed E-state index contributed by atoms with van der Waals surface area (Å²) < 4.78 is 0. The van der Waals surface area contributed by atoms with Gasteiger partial charge in [-0.05, 0) is 25.2 Å². The van der Waals surface area contributed by atoms with E-state index in [1.54, 1.807) is 0 Å². The van der Waals surface area contributed by atoms with Crippen LogP contribution in [0.5, 0.6) is 0 Å². The lowest BCUT2D eigenvalue weighted by Crippen LogP contribution is -2.31. The summed E-state index contributed by atoms with van der Waals surface area (Å²) >= 11 is 0. The zero-order valence-corrected chi connectivity index (χ0v) is 8.05. The highest BCUT2D eigenvalue weighted by Gasteiger charge is 2.23. The fraction of sp³-hybridized carbons (Fsp3) is 0.800. The Balaban J connectivity index is 2.22. The van der Waals surface area contributed by atoms with Crippen LogP contribution in [0.3, 0.4) is 0 Å². The number of nitrogens with zero attached hydrogens (tertiary/aromatic N) is 1. The van der Waals surface area contributed by atoms with Crippen LogP contribution in [0, 0.1) is 23.2 Å². The summed E-state index contributed by atoms with van der Waals surface area (Å²) in [6.07, 6.45) is 4.01. The number of rotatable bonds is 5. The SMILES string of the molecule is CCCC(C#N)C(=O)NCC1CC1. The van der Waals surface area contributed by atoms with Gasteiger partial charge in [-0.15, -0.1) is 0 Å². The first-order chi connectivity index (χ1) is 6.27. The second kappa shape index (κ2) is 4.86. The monoisotopic (exact) mass is 180 g/mol. The van der Waals surface area contributed by atoms with Crippen molar-refractivity contribution < 1.29 is 4.79 Å². The molecule has 3 nitrogen and oxygen atoms in total. The standard InChI is InChI=1S/C10H16N2O/c1-2-3-9(6-11)10(13)12-7-8-4-5-8/h8-9H,2-5,7H2,1H3,(H,12,13). The van der Waals surface area contributed by atoms with Gasteiger partial charge in [-0.2, -0.15) is 5.26 Å². The number of nitrogens with one attached hydrogen (secondary N) is 1. The van der Waals surface area contributed by atoms with Crippen molar-refractivity contribution in [3.05, 3.63) is 0 Å². The summed E-state index contributed by atoms with van der Waals surface area (Å²) in [7, 11) is 0. The third-order valence-corrected chi connectivity index (χ3v) is 2.31. The van der Waals surface area contributed by atoms with Gasteiger partial charge < -0.3 is 5.32 Å². The van der Waals surface area contributed by atoms with Crippen LogP contribution >= 0.6 is 0 Å². The van der Waals surface area contributed by atoms with Gasteiger partial charge in [-0.25, -0.2) is 0 Å². The van der Waals surface area contributed by atoms with E-state index < -0.39 is 5.92 Å². The Bertz CT molecular complexity index is 215. The zero-order chi connectivity index (χ0) is 9.68. The first kappa shape index (κ1) is 10.0. The molecule has 13 heavy (non-hydrogen) atoms. The normalized spacial score (nSPS) is 17.5. The minimum Gasteiger partial charge on any atom is -0.355 e. The van der Waals surface area contributed by atoms with Crippen molar-refractivity contribution in [1.29, 1.82) is 5.26 Å². The van der Waals surface area contributed by atoms with Gasteiger partial charge in [0, 0.05) is 6.54 Å². The molecule has 1 fully saturated rings. The summed E-state index contributed by atoms with van der Waals surface area (Å²) in [5.74, 6) is 0.157. The van der Waals surface area contributed by atoms with E-state index >= 15 is 0 Å². The van der Waals surface area contributed by atoms with E-state index in [0.29, 0.717) is 12.3 Å². The van der Waals surface area contributed by atoms with Crippen molar-refractivity contribution in [2.24, 2.45) is 11.8 Å². The number of carbonyl (C=O) groups is 1. The molecule has 1 aliphatic rings. The molecule has 1 rings (SSSR count). The topological polar surface area (TPSA) is 52.9 Å². The van der Waals surface area contributed by atoms with Crippen LogP contribution in [0.1, 0.15) is 32.6 Å². The van der Waals surface area contributed by atoms with Gasteiger partial charge in [0.1, 0.15) is 5.92 Å². The number of amides is 1. The lowest BCUT2D eigenvalue weighted by atomic mass is 10.1. The quantitative estimate of drug-likeness (QED) is 0.696. The fourth-order valence-electron chi connectivity index (χ4n) is 1.23. The van der Waals surface area contributed by atoms with Crippen LogP contribution < -0.4 is 5.32 Å². The third-order valence-electron chi connectivity index (χ3n) is 2.31. The molecule has 1 atom stereocenters. The van der Waals surface area contributed by atoms with Gasteiger partial charge in [0.2, 0.25) is 5.91 Å². The van der Waals surface area contributed by atoms with Gasteiger partial charge in [-0.3, -0.25) is 4.79 Å². The average molecular weight is 180 g/mol. The van der Waals surface area contributed by atoms with E-state index in [-0.39, 0.29) is 5.91 Å². The predicted molar refractivity (Wildman–Crippen MR) is 49.7 cm³/mol. The van der Waals surface area contributed by atoms with Crippen molar-refractivity contribution in [2.45, 2.75) is 32.6 Å². The molecule has 0 saturated heterocycles. The largest absolute Gasteiger partial charge is 0.355 e. The first-order valence-electron chi connectivity index (χ1n) is 4.95. The molecule has 0 spiro atoms. The lowest BCUT2D eigenvalue weighted by Gasteiger charge is -2.07. The Morgan fingerprint density at radius 2 is 2.38 bits per heavy atom. The third kappa shape index (κ3) is 3.45. The maximum absolute atomic E-state index is 11.4. The molecule has 0 aliphatic heterocycles. The molecule has 0 heterocycles. The molecule has 0 aromatic heterocycles. The van der Waals surface area contributed by atoms with Crippen molar-refractivity contribution in [1.82, 2.24) is 5.32 Å². The van der Waals surface area contributed by atoms with Gasteiger partial charge in [0.25, 0.3) is 0 Å². The molecule has 1 unspecified atom stereocenters. The van der Waals surface area contributed by atoms with Crippen LogP contribution in [0.15, 0.2) is 0 Å². The van der Waals surface area contributed by atoms with Crippen molar-refractivity contribution in [3.8, 4) is 6.07 Å². The Labute approximate surface area is 79.1 Å². The second-order valence-electron chi connectivity index (χ2n) is 3.66. The molecular formula is C10H16N2O. The molecular weight excluding hydrogens is 164 g/mol. The molecule has 0 radical (unpaired) electrons.